The smallest absolute Gasteiger partial charge is 0.193 e. The van der Waals surface area contributed by atoms with Gasteiger partial charge in [-0.3, -0.25) is 0 Å². The van der Waals surface area contributed by atoms with Crippen LogP contribution >= 0.6 is 0 Å². The zero-order valence-electron chi connectivity index (χ0n) is 21.0. The lowest BCUT2D eigenvalue weighted by Crippen LogP contribution is -2.54. The van der Waals surface area contributed by atoms with Crippen molar-refractivity contribution in [2.24, 2.45) is 22.7 Å². The van der Waals surface area contributed by atoms with Crippen LogP contribution < -0.4 is 0 Å². The minimum absolute atomic E-state index is 0.152. The summed E-state index contributed by atoms with van der Waals surface area (Å²) >= 11 is 0. The molecule has 1 unspecified atom stereocenters. The maximum absolute atomic E-state index is 11.0. The molecule has 5 atom stereocenters. The maximum atomic E-state index is 11.0. The van der Waals surface area contributed by atoms with E-state index < -0.39 is 8.32 Å². The number of hydrogen-bond donors (Lipinski definition) is 1. The minimum atomic E-state index is -1.88. The van der Waals surface area contributed by atoms with Crippen molar-refractivity contribution in [3.8, 4) is 0 Å². The summed E-state index contributed by atoms with van der Waals surface area (Å²) in [5.74, 6) is 0.825. The van der Waals surface area contributed by atoms with Crippen LogP contribution in [0.3, 0.4) is 0 Å². The van der Waals surface area contributed by atoms with E-state index in [0.717, 1.165) is 12.8 Å². The Hall–Kier alpha value is -0.383. The molecule has 0 heterocycles. The fourth-order valence-electron chi connectivity index (χ4n) is 6.29. The SMILES string of the molecule is C=C[C@](C)(CC[C@H]1C(C)=C[C@@H](O)C2C(C)(C)CCC[C@@]21C)O[Si](C)(C)C(C)(C)C. The lowest BCUT2D eigenvalue weighted by molar-refractivity contribution is -0.0985. The molecule has 3 heteroatoms. The highest BCUT2D eigenvalue weighted by atomic mass is 28.4. The van der Waals surface area contributed by atoms with Crippen LogP contribution in [0.15, 0.2) is 24.3 Å². The molecule has 0 aromatic heterocycles. The molecule has 0 spiro atoms. The van der Waals surface area contributed by atoms with Crippen LogP contribution in [-0.4, -0.2) is 25.1 Å². The van der Waals surface area contributed by atoms with Crippen LogP contribution in [0.25, 0.3) is 0 Å². The molecule has 0 aromatic rings. The number of aliphatic hydroxyl groups is 1. The molecule has 2 aliphatic rings. The second-order valence-electron chi connectivity index (χ2n) is 12.7. The maximum Gasteiger partial charge on any atom is 0.193 e. The molecule has 2 rings (SSSR count). The summed E-state index contributed by atoms with van der Waals surface area (Å²) in [7, 11) is -1.88. The number of allylic oxidation sites excluding steroid dienone is 1. The van der Waals surface area contributed by atoms with E-state index in [1.807, 2.05) is 6.08 Å². The molecule has 1 fully saturated rings. The van der Waals surface area contributed by atoms with Gasteiger partial charge < -0.3 is 9.53 Å². The molecule has 0 bridgehead atoms. The molecule has 2 nitrogen and oxygen atoms in total. The Bertz CT molecular complexity index is 642. The highest BCUT2D eigenvalue weighted by Gasteiger charge is 2.55. The minimum Gasteiger partial charge on any atom is -0.408 e. The predicted molar refractivity (Wildman–Crippen MR) is 129 cm³/mol. The highest BCUT2D eigenvalue weighted by molar-refractivity contribution is 6.74. The van der Waals surface area contributed by atoms with Gasteiger partial charge in [0.1, 0.15) is 0 Å². The molecule has 29 heavy (non-hydrogen) atoms. The van der Waals surface area contributed by atoms with Gasteiger partial charge in [0.25, 0.3) is 0 Å². The van der Waals surface area contributed by atoms with E-state index in [2.05, 4.69) is 81.1 Å². The molecule has 1 N–H and O–H groups in total. The highest BCUT2D eigenvalue weighted by Crippen LogP contribution is 2.60. The second kappa shape index (κ2) is 7.95. The lowest BCUT2D eigenvalue weighted by atomic mass is 9.47. The fourth-order valence-corrected chi connectivity index (χ4v) is 7.95. The second-order valence-corrected chi connectivity index (χ2v) is 17.4. The van der Waals surface area contributed by atoms with Gasteiger partial charge in [-0.2, -0.15) is 0 Å². The molecule has 0 aliphatic heterocycles. The normalized spacial score (nSPS) is 34.7. The zero-order valence-corrected chi connectivity index (χ0v) is 22.0. The predicted octanol–water partition coefficient (Wildman–Crippen LogP) is 7.50. The topological polar surface area (TPSA) is 29.5 Å². The third-order valence-electron chi connectivity index (χ3n) is 8.87. The van der Waals surface area contributed by atoms with E-state index in [4.69, 9.17) is 4.43 Å². The van der Waals surface area contributed by atoms with Crippen LogP contribution in [0.5, 0.6) is 0 Å². The van der Waals surface area contributed by atoms with Crippen molar-refractivity contribution >= 4 is 8.32 Å². The Morgan fingerprint density at radius 2 is 1.79 bits per heavy atom. The van der Waals surface area contributed by atoms with Crippen molar-refractivity contribution in [1.29, 1.82) is 0 Å². The number of hydrogen-bond acceptors (Lipinski definition) is 2. The quantitative estimate of drug-likeness (QED) is 0.356. The first-order chi connectivity index (χ1) is 13.0. The van der Waals surface area contributed by atoms with Gasteiger partial charge in [0.05, 0.1) is 11.7 Å². The molecular weight excluding hydrogens is 372 g/mol. The van der Waals surface area contributed by atoms with Gasteiger partial charge in [0, 0.05) is 0 Å². The summed E-state index contributed by atoms with van der Waals surface area (Å²) in [6.45, 7) is 27.3. The van der Waals surface area contributed by atoms with E-state index in [0.29, 0.717) is 11.8 Å². The van der Waals surface area contributed by atoms with Crippen molar-refractivity contribution < 1.29 is 9.53 Å². The summed E-state index contributed by atoms with van der Waals surface area (Å²) in [5.41, 5.74) is 1.41. The van der Waals surface area contributed by atoms with Crippen LogP contribution in [0.1, 0.15) is 87.5 Å². The average molecular weight is 421 g/mol. The van der Waals surface area contributed by atoms with E-state index in [9.17, 15) is 5.11 Å². The van der Waals surface area contributed by atoms with E-state index in [-0.39, 0.29) is 27.6 Å². The molecule has 1 saturated carbocycles. The van der Waals surface area contributed by atoms with Crippen molar-refractivity contribution in [3.63, 3.8) is 0 Å². The lowest BCUT2D eigenvalue weighted by Gasteiger charge is -2.58. The van der Waals surface area contributed by atoms with Crippen LogP contribution in [0.2, 0.25) is 18.1 Å². The Morgan fingerprint density at radius 3 is 2.31 bits per heavy atom. The summed E-state index contributed by atoms with van der Waals surface area (Å²) in [6.07, 6.45) is 9.63. The Balaban J connectivity index is 2.27. The summed E-state index contributed by atoms with van der Waals surface area (Å²) in [5, 5.41) is 11.2. The number of rotatable bonds is 6. The summed E-state index contributed by atoms with van der Waals surface area (Å²) in [6, 6.07) is 0. The Morgan fingerprint density at radius 1 is 1.21 bits per heavy atom. The van der Waals surface area contributed by atoms with Gasteiger partial charge in [0.2, 0.25) is 0 Å². The van der Waals surface area contributed by atoms with Crippen LogP contribution in [0, 0.1) is 22.7 Å². The van der Waals surface area contributed by atoms with E-state index in [1.165, 1.54) is 24.8 Å². The van der Waals surface area contributed by atoms with Crippen molar-refractivity contribution in [1.82, 2.24) is 0 Å². The Kier molecular flexibility index (Phi) is 6.82. The number of fused-ring (bicyclic) bond motifs is 1. The van der Waals surface area contributed by atoms with E-state index >= 15 is 0 Å². The molecule has 0 radical (unpaired) electrons. The largest absolute Gasteiger partial charge is 0.408 e. The van der Waals surface area contributed by atoms with Gasteiger partial charge >= 0.3 is 0 Å². The van der Waals surface area contributed by atoms with Gasteiger partial charge in [-0.05, 0) is 80.3 Å². The third-order valence-corrected chi connectivity index (χ3v) is 13.5. The Labute approximate surface area is 182 Å². The fraction of sp³-hybridized carbons (Fsp3) is 0.846. The van der Waals surface area contributed by atoms with Crippen LogP contribution in [-0.2, 0) is 4.43 Å². The molecule has 168 valence electrons. The molecule has 0 amide bonds. The van der Waals surface area contributed by atoms with Gasteiger partial charge in [-0.25, -0.2) is 0 Å². The van der Waals surface area contributed by atoms with Gasteiger partial charge in [-0.15, -0.1) is 6.58 Å². The molecule has 2 aliphatic carbocycles. The average Bonchev–Trinajstić information content (AvgIpc) is 2.51. The zero-order chi connectivity index (χ0) is 22.5. The monoisotopic (exact) mass is 420 g/mol. The van der Waals surface area contributed by atoms with Gasteiger partial charge in [-0.1, -0.05) is 65.7 Å². The van der Waals surface area contributed by atoms with E-state index in [1.54, 1.807) is 0 Å². The van der Waals surface area contributed by atoms with Gasteiger partial charge in [0.15, 0.2) is 8.32 Å². The standard InChI is InChI=1S/C26H48O2Si/c1-12-25(8,28-29(10,11)23(3,4)5)17-14-20-19(2)18-21(27)22-24(6,7)15-13-16-26(20,22)9/h12,18,20-22,27H,1,13-17H2,2-11H3/t20-,21+,22?,25+,26+/m0/s1. The molecule has 0 saturated heterocycles. The van der Waals surface area contributed by atoms with Crippen molar-refractivity contribution in [2.45, 2.75) is 117 Å². The van der Waals surface area contributed by atoms with Crippen molar-refractivity contribution in [2.75, 3.05) is 0 Å². The molecule has 0 aromatic carbocycles. The van der Waals surface area contributed by atoms with Crippen molar-refractivity contribution in [3.05, 3.63) is 24.3 Å². The first-order valence-electron chi connectivity index (χ1n) is 11.7. The first-order valence-corrected chi connectivity index (χ1v) is 14.6. The molecular formula is C26H48O2Si. The summed E-state index contributed by atoms with van der Waals surface area (Å²) < 4.78 is 6.85. The first kappa shape index (κ1) is 24.9. The summed E-state index contributed by atoms with van der Waals surface area (Å²) in [4.78, 5) is 0. The third kappa shape index (κ3) is 4.77. The van der Waals surface area contributed by atoms with Crippen LogP contribution in [0.4, 0.5) is 0 Å². The number of aliphatic hydroxyl groups excluding tert-OH is 1.